The lowest BCUT2D eigenvalue weighted by Crippen LogP contribution is -2.43. The summed E-state index contributed by atoms with van der Waals surface area (Å²) >= 11 is 3.41. The van der Waals surface area contributed by atoms with Crippen LogP contribution < -0.4 is 5.73 Å². The highest BCUT2D eigenvalue weighted by Gasteiger charge is 2.39. The molecule has 2 aromatic rings. The molecule has 0 aliphatic heterocycles. The van der Waals surface area contributed by atoms with Crippen molar-refractivity contribution in [1.29, 1.82) is 0 Å². The van der Waals surface area contributed by atoms with Crippen LogP contribution in [0.1, 0.15) is 25.2 Å². The fourth-order valence-electron chi connectivity index (χ4n) is 1.89. The second-order valence-corrected chi connectivity index (χ2v) is 5.06. The lowest BCUT2D eigenvalue weighted by molar-refractivity contribution is 0.203. The van der Waals surface area contributed by atoms with Crippen LogP contribution in [0.25, 0.3) is 11.1 Å². The van der Waals surface area contributed by atoms with Crippen LogP contribution in [0.3, 0.4) is 0 Å². The van der Waals surface area contributed by atoms with Crippen LogP contribution >= 0.6 is 15.9 Å². The molecule has 4 heteroatoms. The summed E-state index contributed by atoms with van der Waals surface area (Å²) in [4.78, 5) is 4.45. The number of hydrogen-bond donors (Lipinski definition) is 1. The molecule has 0 atom stereocenters. The van der Waals surface area contributed by atoms with Crippen LogP contribution in [0, 0.1) is 0 Å². The Bertz CT molecular complexity index is 516. The summed E-state index contributed by atoms with van der Waals surface area (Å²) in [7, 11) is 0. The third kappa shape index (κ3) is 1.40. The van der Waals surface area contributed by atoms with Gasteiger partial charge in [-0.25, -0.2) is 4.98 Å². The summed E-state index contributed by atoms with van der Waals surface area (Å²) in [5, 5.41) is 0. The van der Waals surface area contributed by atoms with Gasteiger partial charge in [0.15, 0.2) is 5.58 Å². The van der Waals surface area contributed by atoms with E-state index in [1.54, 1.807) is 0 Å². The standard InChI is InChI=1S/C11H11BrN2O/c12-7-2-3-9-8(6-7)14-10(15-9)11(13)4-1-5-11/h2-3,6H,1,4-5,13H2. The molecule has 1 aliphatic carbocycles. The molecule has 0 spiro atoms. The van der Waals surface area contributed by atoms with Crippen molar-refractivity contribution < 1.29 is 4.42 Å². The van der Waals surface area contributed by atoms with Gasteiger partial charge in [-0.2, -0.15) is 0 Å². The maximum atomic E-state index is 6.16. The van der Waals surface area contributed by atoms with E-state index in [1.165, 1.54) is 6.42 Å². The minimum atomic E-state index is -0.314. The fraction of sp³-hybridized carbons (Fsp3) is 0.364. The quantitative estimate of drug-likeness (QED) is 0.864. The first-order valence-electron chi connectivity index (χ1n) is 5.03. The monoisotopic (exact) mass is 266 g/mol. The molecule has 1 fully saturated rings. The van der Waals surface area contributed by atoms with Crippen LogP contribution in [0.4, 0.5) is 0 Å². The molecule has 3 nitrogen and oxygen atoms in total. The Morgan fingerprint density at radius 2 is 2.20 bits per heavy atom. The third-order valence-corrected chi connectivity index (χ3v) is 3.51. The minimum absolute atomic E-state index is 0.314. The number of aromatic nitrogens is 1. The highest BCUT2D eigenvalue weighted by atomic mass is 79.9. The van der Waals surface area contributed by atoms with Crippen molar-refractivity contribution >= 4 is 27.0 Å². The Balaban J connectivity index is 2.14. The zero-order valence-electron chi connectivity index (χ0n) is 8.16. The molecule has 1 saturated carbocycles. The summed E-state index contributed by atoms with van der Waals surface area (Å²) in [6, 6.07) is 5.81. The molecule has 0 bridgehead atoms. The molecule has 15 heavy (non-hydrogen) atoms. The van der Waals surface area contributed by atoms with Crippen LogP contribution in [0.15, 0.2) is 27.1 Å². The van der Waals surface area contributed by atoms with Gasteiger partial charge in [0.05, 0.1) is 5.54 Å². The smallest absolute Gasteiger partial charge is 0.215 e. The van der Waals surface area contributed by atoms with Crippen molar-refractivity contribution in [2.45, 2.75) is 24.8 Å². The maximum Gasteiger partial charge on any atom is 0.215 e. The van der Waals surface area contributed by atoms with E-state index in [0.29, 0.717) is 5.89 Å². The number of nitrogens with two attached hydrogens (primary N) is 1. The number of benzene rings is 1. The lowest BCUT2D eigenvalue weighted by atomic mass is 9.78. The van der Waals surface area contributed by atoms with Crippen molar-refractivity contribution in [3.05, 3.63) is 28.6 Å². The van der Waals surface area contributed by atoms with Crippen molar-refractivity contribution in [2.24, 2.45) is 5.73 Å². The second kappa shape index (κ2) is 3.06. The molecule has 0 saturated heterocycles. The van der Waals surface area contributed by atoms with E-state index in [1.807, 2.05) is 18.2 Å². The Hall–Kier alpha value is -0.870. The summed E-state index contributed by atoms with van der Waals surface area (Å²) in [5.74, 6) is 0.682. The third-order valence-electron chi connectivity index (χ3n) is 3.02. The number of halogens is 1. The first kappa shape index (κ1) is 9.36. The molecule has 1 aromatic heterocycles. The number of rotatable bonds is 1. The molecular formula is C11H11BrN2O. The van der Waals surface area contributed by atoms with Crippen molar-refractivity contribution in [1.82, 2.24) is 4.98 Å². The summed E-state index contributed by atoms with van der Waals surface area (Å²) in [6.45, 7) is 0. The van der Waals surface area contributed by atoms with Crippen LogP contribution in [-0.2, 0) is 5.54 Å². The van der Waals surface area contributed by atoms with Gasteiger partial charge in [0.2, 0.25) is 5.89 Å². The molecule has 2 N–H and O–H groups in total. The Morgan fingerprint density at radius 1 is 1.40 bits per heavy atom. The molecule has 1 aromatic carbocycles. The van der Waals surface area contributed by atoms with E-state index < -0.39 is 0 Å². The van der Waals surface area contributed by atoms with E-state index in [4.69, 9.17) is 10.2 Å². The number of hydrogen-bond acceptors (Lipinski definition) is 3. The SMILES string of the molecule is NC1(c2nc3cc(Br)ccc3o2)CCC1. The molecule has 0 radical (unpaired) electrons. The number of fused-ring (bicyclic) bond motifs is 1. The normalized spacial score (nSPS) is 19.1. The number of nitrogens with zero attached hydrogens (tertiary/aromatic N) is 1. The highest BCUT2D eigenvalue weighted by molar-refractivity contribution is 9.10. The van der Waals surface area contributed by atoms with Gasteiger partial charge < -0.3 is 10.2 Å². The van der Waals surface area contributed by atoms with E-state index in [2.05, 4.69) is 20.9 Å². The van der Waals surface area contributed by atoms with Gasteiger partial charge in [-0.1, -0.05) is 15.9 Å². The van der Waals surface area contributed by atoms with Crippen LogP contribution in [0.2, 0.25) is 0 Å². The second-order valence-electron chi connectivity index (χ2n) is 4.14. The first-order chi connectivity index (χ1) is 7.17. The van der Waals surface area contributed by atoms with Gasteiger partial charge >= 0.3 is 0 Å². The zero-order valence-corrected chi connectivity index (χ0v) is 9.75. The Morgan fingerprint density at radius 3 is 2.87 bits per heavy atom. The van der Waals surface area contributed by atoms with Gasteiger partial charge in [0.25, 0.3) is 0 Å². The topological polar surface area (TPSA) is 52.0 Å². The van der Waals surface area contributed by atoms with Gasteiger partial charge in [0, 0.05) is 4.47 Å². The van der Waals surface area contributed by atoms with Gasteiger partial charge in [-0.3, -0.25) is 0 Å². The predicted molar refractivity (Wildman–Crippen MR) is 61.4 cm³/mol. The van der Waals surface area contributed by atoms with Gasteiger partial charge in [-0.05, 0) is 37.5 Å². The van der Waals surface area contributed by atoms with E-state index >= 15 is 0 Å². The van der Waals surface area contributed by atoms with E-state index in [0.717, 1.165) is 28.4 Å². The minimum Gasteiger partial charge on any atom is -0.439 e. The van der Waals surface area contributed by atoms with E-state index in [-0.39, 0.29) is 5.54 Å². The summed E-state index contributed by atoms with van der Waals surface area (Å²) in [5.41, 5.74) is 7.53. The van der Waals surface area contributed by atoms with Crippen molar-refractivity contribution in [3.63, 3.8) is 0 Å². The zero-order chi connectivity index (χ0) is 10.5. The predicted octanol–water partition coefficient (Wildman–Crippen LogP) is 2.93. The lowest BCUT2D eigenvalue weighted by Gasteiger charge is -2.34. The first-order valence-corrected chi connectivity index (χ1v) is 5.82. The molecule has 0 unspecified atom stereocenters. The molecule has 1 heterocycles. The average molecular weight is 267 g/mol. The Kier molecular flexibility index (Phi) is 1.91. The van der Waals surface area contributed by atoms with Gasteiger partial charge in [0.1, 0.15) is 5.52 Å². The number of oxazole rings is 1. The fourth-order valence-corrected chi connectivity index (χ4v) is 2.23. The summed E-state index contributed by atoms with van der Waals surface area (Å²) < 4.78 is 6.68. The summed E-state index contributed by atoms with van der Waals surface area (Å²) in [6.07, 6.45) is 3.11. The van der Waals surface area contributed by atoms with Gasteiger partial charge in [-0.15, -0.1) is 0 Å². The maximum absolute atomic E-state index is 6.16. The van der Waals surface area contributed by atoms with Crippen molar-refractivity contribution in [3.8, 4) is 0 Å². The van der Waals surface area contributed by atoms with E-state index in [9.17, 15) is 0 Å². The van der Waals surface area contributed by atoms with Crippen LogP contribution in [0.5, 0.6) is 0 Å². The molecular weight excluding hydrogens is 256 g/mol. The average Bonchev–Trinajstić information content (AvgIpc) is 2.57. The molecule has 78 valence electrons. The highest BCUT2D eigenvalue weighted by Crippen LogP contribution is 2.39. The van der Waals surface area contributed by atoms with Crippen molar-refractivity contribution in [2.75, 3.05) is 0 Å². The Labute approximate surface area is 95.8 Å². The molecule has 0 amide bonds. The molecule has 3 rings (SSSR count). The largest absolute Gasteiger partial charge is 0.439 e. The van der Waals surface area contributed by atoms with Crippen LogP contribution in [-0.4, -0.2) is 4.98 Å². The molecule has 1 aliphatic rings.